The molecular weight excluding hydrogens is 322 g/mol. The van der Waals surface area contributed by atoms with E-state index in [1.54, 1.807) is 28.8 Å². The number of nitriles is 1. The first kappa shape index (κ1) is 18.3. The van der Waals surface area contributed by atoms with E-state index in [-0.39, 0.29) is 12.0 Å². The van der Waals surface area contributed by atoms with E-state index >= 15 is 0 Å². The Balaban J connectivity index is 2.60. The zero-order valence-corrected chi connectivity index (χ0v) is 14.5. The smallest absolute Gasteiger partial charge is 0.346 e. The number of hydrogen-bond donors (Lipinski definition) is 1. The van der Waals surface area contributed by atoms with Crippen molar-refractivity contribution < 1.29 is 19.4 Å². The van der Waals surface area contributed by atoms with Crippen molar-refractivity contribution in [2.45, 2.75) is 39.7 Å². The molecule has 7 heteroatoms. The van der Waals surface area contributed by atoms with E-state index in [2.05, 4.69) is 4.98 Å². The molecule has 2 aromatic rings. The molecular formula is C18H21N3O4. The second kappa shape index (κ2) is 8.20. The molecule has 2 heterocycles. The number of aromatic nitrogens is 2. The molecule has 132 valence electrons. The summed E-state index contributed by atoms with van der Waals surface area (Å²) in [6.45, 7) is 6.31. The molecule has 0 radical (unpaired) electrons. The quantitative estimate of drug-likeness (QED) is 0.449. The molecule has 0 spiro atoms. The van der Waals surface area contributed by atoms with Crippen molar-refractivity contribution in [1.82, 2.24) is 9.38 Å². The van der Waals surface area contributed by atoms with Crippen LogP contribution in [0.2, 0.25) is 0 Å². The minimum atomic E-state index is -1.30. The van der Waals surface area contributed by atoms with Crippen LogP contribution in [-0.4, -0.2) is 33.2 Å². The number of nitrogens with zero attached hydrogens (tertiary/aromatic N) is 3. The monoisotopic (exact) mass is 343 g/mol. The Bertz CT molecular complexity index is 831. The van der Waals surface area contributed by atoms with Crippen LogP contribution in [0.15, 0.2) is 23.9 Å². The zero-order valence-electron chi connectivity index (χ0n) is 14.5. The molecule has 0 aliphatic rings. The largest absolute Gasteiger partial charge is 0.487 e. The lowest BCUT2D eigenvalue weighted by Crippen LogP contribution is -2.06. The van der Waals surface area contributed by atoms with E-state index < -0.39 is 11.5 Å². The van der Waals surface area contributed by atoms with Crippen molar-refractivity contribution in [3.63, 3.8) is 0 Å². The average molecular weight is 343 g/mol. The van der Waals surface area contributed by atoms with E-state index in [4.69, 9.17) is 19.8 Å². The highest BCUT2D eigenvalue weighted by molar-refractivity contribution is 5.96. The van der Waals surface area contributed by atoms with Crippen LogP contribution in [0.5, 0.6) is 11.6 Å². The Morgan fingerprint density at radius 1 is 1.52 bits per heavy atom. The molecule has 0 atom stereocenters. The van der Waals surface area contributed by atoms with Gasteiger partial charge in [-0.2, -0.15) is 10.2 Å². The van der Waals surface area contributed by atoms with E-state index in [0.29, 0.717) is 23.7 Å². The number of aliphatic carboxylic acids is 1. The summed E-state index contributed by atoms with van der Waals surface area (Å²) in [5.41, 5.74) is 0.521. The Hall–Kier alpha value is -3.01. The molecule has 0 bridgehead atoms. The van der Waals surface area contributed by atoms with Gasteiger partial charge in [-0.1, -0.05) is 13.3 Å². The summed E-state index contributed by atoms with van der Waals surface area (Å²) >= 11 is 0. The predicted octanol–water partition coefficient (Wildman–Crippen LogP) is 3.29. The molecule has 0 saturated heterocycles. The first-order valence-electron chi connectivity index (χ1n) is 8.13. The molecule has 2 aromatic heterocycles. The molecule has 0 amide bonds. The third-order valence-corrected chi connectivity index (χ3v) is 3.35. The summed E-state index contributed by atoms with van der Waals surface area (Å²) in [6, 6.07) is 5.24. The Labute approximate surface area is 146 Å². The minimum Gasteiger partial charge on any atom is -0.487 e. The van der Waals surface area contributed by atoms with Gasteiger partial charge in [-0.15, -0.1) is 0 Å². The summed E-state index contributed by atoms with van der Waals surface area (Å²) in [6.07, 6.45) is 4.75. The third-order valence-electron chi connectivity index (χ3n) is 3.35. The first-order valence-corrected chi connectivity index (χ1v) is 8.13. The van der Waals surface area contributed by atoms with Crippen molar-refractivity contribution in [3.05, 3.63) is 29.6 Å². The predicted molar refractivity (Wildman–Crippen MR) is 92.6 cm³/mol. The van der Waals surface area contributed by atoms with Gasteiger partial charge in [0.15, 0.2) is 11.4 Å². The molecule has 0 unspecified atom stereocenters. The lowest BCUT2D eigenvalue weighted by atomic mass is 10.2. The Kier molecular flexibility index (Phi) is 6.01. The van der Waals surface area contributed by atoms with Gasteiger partial charge < -0.3 is 14.6 Å². The number of unbranched alkanes of at least 4 members (excludes halogenated alkanes) is 1. The Morgan fingerprint density at radius 2 is 2.28 bits per heavy atom. The van der Waals surface area contributed by atoms with Gasteiger partial charge in [0.05, 0.1) is 12.7 Å². The number of carbonyl (C=O) groups is 1. The number of ether oxygens (including phenoxy) is 2. The van der Waals surface area contributed by atoms with Crippen molar-refractivity contribution in [1.29, 1.82) is 5.26 Å². The van der Waals surface area contributed by atoms with Gasteiger partial charge in [0, 0.05) is 6.20 Å². The van der Waals surface area contributed by atoms with Crippen molar-refractivity contribution in [3.8, 4) is 17.7 Å². The van der Waals surface area contributed by atoms with Crippen LogP contribution in [-0.2, 0) is 4.79 Å². The van der Waals surface area contributed by atoms with Gasteiger partial charge in [0.2, 0.25) is 5.88 Å². The molecule has 0 saturated carbocycles. The number of pyridine rings is 1. The van der Waals surface area contributed by atoms with Crippen molar-refractivity contribution in [2.24, 2.45) is 0 Å². The summed E-state index contributed by atoms with van der Waals surface area (Å²) in [4.78, 5) is 15.6. The van der Waals surface area contributed by atoms with Crippen LogP contribution in [0.4, 0.5) is 0 Å². The maximum atomic E-state index is 11.2. The van der Waals surface area contributed by atoms with Gasteiger partial charge >= 0.3 is 5.97 Å². The minimum absolute atomic E-state index is 0.0416. The van der Waals surface area contributed by atoms with Gasteiger partial charge in [-0.3, -0.25) is 4.40 Å². The molecule has 0 fully saturated rings. The van der Waals surface area contributed by atoms with Crippen LogP contribution in [0, 0.1) is 11.3 Å². The standard InChI is InChI=1S/C18H21N3O4/c1-4-5-9-24-17-14(10-13(11-19)18(22)23)21-8-6-7-15(16(21)20-17)25-12(2)3/h6-8,10,12H,4-5,9H2,1-3H3,(H,22,23)/b13-10+. The summed E-state index contributed by atoms with van der Waals surface area (Å²) in [5, 5.41) is 18.2. The lowest BCUT2D eigenvalue weighted by molar-refractivity contribution is -0.132. The summed E-state index contributed by atoms with van der Waals surface area (Å²) < 4.78 is 13.1. The normalized spacial score (nSPS) is 11.6. The molecule has 7 nitrogen and oxygen atoms in total. The molecule has 0 aliphatic heterocycles. The first-order chi connectivity index (χ1) is 12.0. The summed E-state index contributed by atoms with van der Waals surface area (Å²) in [5.74, 6) is -0.458. The molecule has 25 heavy (non-hydrogen) atoms. The third kappa shape index (κ3) is 4.29. The van der Waals surface area contributed by atoms with E-state index in [1.165, 1.54) is 6.08 Å². The second-order valence-electron chi connectivity index (χ2n) is 5.71. The zero-order chi connectivity index (χ0) is 18.4. The van der Waals surface area contributed by atoms with Gasteiger partial charge in [-0.25, -0.2) is 4.79 Å². The van der Waals surface area contributed by atoms with Crippen LogP contribution in [0.3, 0.4) is 0 Å². The van der Waals surface area contributed by atoms with Crippen LogP contribution >= 0.6 is 0 Å². The van der Waals surface area contributed by atoms with Crippen LogP contribution < -0.4 is 9.47 Å². The van der Waals surface area contributed by atoms with Gasteiger partial charge in [-0.05, 0) is 38.5 Å². The fourth-order valence-electron chi connectivity index (χ4n) is 2.22. The number of hydrogen-bond acceptors (Lipinski definition) is 5. The average Bonchev–Trinajstić information content (AvgIpc) is 2.90. The molecule has 2 rings (SSSR count). The van der Waals surface area contributed by atoms with Gasteiger partial charge in [0.1, 0.15) is 17.3 Å². The van der Waals surface area contributed by atoms with Crippen molar-refractivity contribution in [2.75, 3.05) is 6.61 Å². The Morgan fingerprint density at radius 3 is 2.88 bits per heavy atom. The highest BCUT2D eigenvalue weighted by atomic mass is 16.5. The summed E-state index contributed by atoms with van der Waals surface area (Å²) in [7, 11) is 0. The maximum absolute atomic E-state index is 11.2. The van der Waals surface area contributed by atoms with Crippen LogP contribution in [0.25, 0.3) is 11.7 Å². The number of fused-ring (bicyclic) bond motifs is 1. The molecule has 0 aromatic carbocycles. The number of carboxylic acid groups (broad SMARTS) is 1. The second-order valence-corrected chi connectivity index (χ2v) is 5.71. The highest BCUT2D eigenvalue weighted by Crippen LogP contribution is 2.29. The fourth-order valence-corrected chi connectivity index (χ4v) is 2.22. The fraction of sp³-hybridized carbons (Fsp3) is 0.389. The van der Waals surface area contributed by atoms with Crippen molar-refractivity contribution >= 4 is 17.7 Å². The molecule has 1 N–H and O–H groups in total. The topological polar surface area (TPSA) is 96.9 Å². The van der Waals surface area contributed by atoms with Crippen LogP contribution in [0.1, 0.15) is 39.3 Å². The maximum Gasteiger partial charge on any atom is 0.346 e. The van der Waals surface area contributed by atoms with E-state index in [1.807, 2.05) is 20.8 Å². The lowest BCUT2D eigenvalue weighted by Gasteiger charge is -2.10. The van der Waals surface area contributed by atoms with E-state index in [9.17, 15) is 4.79 Å². The highest BCUT2D eigenvalue weighted by Gasteiger charge is 2.18. The number of rotatable bonds is 8. The van der Waals surface area contributed by atoms with Gasteiger partial charge in [0.25, 0.3) is 0 Å². The number of carboxylic acids is 1. The SMILES string of the molecule is CCCCOc1nc2c(OC(C)C)cccn2c1/C=C(\C#N)C(=O)O. The van der Waals surface area contributed by atoms with E-state index in [0.717, 1.165) is 12.8 Å². The number of imidazole rings is 1. The molecule has 0 aliphatic carbocycles.